The number of amides is 4. The lowest BCUT2D eigenvalue weighted by atomic mass is 9.92. The van der Waals surface area contributed by atoms with Crippen molar-refractivity contribution in [2.45, 2.75) is 76.7 Å². The Balaban J connectivity index is 1.98. The topological polar surface area (TPSA) is 126 Å². The fourth-order valence-electron chi connectivity index (χ4n) is 4.98. The maximum Gasteiger partial charge on any atom is 0.239 e. The first-order chi connectivity index (χ1) is 18.3. The minimum absolute atomic E-state index is 0.0496. The number of carbonyl (C=O) groups excluding carboxylic acids is 4. The van der Waals surface area contributed by atoms with Crippen LogP contribution in [0.3, 0.4) is 0 Å². The van der Waals surface area contributed by atoms with E-state index in [9.17, 15) is 19.2 Å². The molecule has 1 saturated heterocycles. The molecule has 3 N–H and O–H groups in total. The summed E-state index contributed by atoms with van der Waals surface area (Å²) in [6, 6.07) is 9.35. The molecular formula is C28H44N4O6. The van der Waals surface area contributed by atoms with Crippen LogP contribution < -0.4 is 16.0 Å². The number of rotatable bonds is 17. The second-order valence-corrected chi connectivity index (χ2v) is 9.82. The van der Waals surface area contributed by atoms with Gasteiger partial charge in [0, 0.05) is 27.3 Å². The second kappa shape index (κ2) is 16.8. The molecule has 1 heterocycles. The minimum Gasteiger partial charge on any atom is -0.379 e. The third kappa shape index (κ3) is 9.72. The average molecular weight is 533 g/mol. The molecule has 1 aliphatic heterocycles. The van der Waals surface area contributed by atoms with Gasteiger partial charge in [0.2, 0.25) is 24.1 Å². The lowest BCUT2D eigenvalue weighted by Crippen LogP contribution is -2.52. The van der Waals surface area contributed by atoms with Gasteiger partial charge in [0.05, 0.1) is 43.7 Å². The summed E-state index contributed by atoms with van der Waals surface area (Å²) in [4.78, 5) is 50.7. The Hall–Kier alpha value is -2.98. The molecule has 5 atom stereocenters. The number of nitrogens with one attached hydrogen (secondary N) is 3. The molecule has 0 aromatic heterocycles. The number of hydrogen-bond donors (Lipinski definition) is 3. The second-order valence-electron chi connectivity index (χ2n) is 9.82. The number of carbonyl (C=O) groups is 4. The summed E-state index contributed by atoms with van der Waals surface area (Å²) in [7, 11) is 3.10. The highest BCUT2D eigenvalue weighted by atomic mass is 16.5. The fraction of sp³-hybridized carbons (Fsp3) is 0.643. The number of likely N-dealkylation sites (tertiary alicyclic amines) is 1. The number of nitrogens with zero attached hydrogens (tertiary/aromatic N) is 1. The van der Waals surface area contributed by atoms with Crippen LogP contribution >= 0.6 is 0 Å². The number of methoxy groups -OCH3 is 2. The van der Waals surface area contributed by atoms with E-state index in [2.05, 4.69) is 16.0 Å². The Morgan fingerprint density at radius 1 is 1.11 bits per heavy atom. The van der Waals surface area contributed by atoms with Crippen LogP contribution in [0.25, 0.3) is 0 Å². The van der Waals surface area contributed by atoms with E-state index >= 15 is 0 Å². The smallest absolute Gasteiger partial charge is 0.239 e. The lowest BCUT2D eigenvalue weighted by Gasteiger charge is -2.34. The van der Waals surface area contributed by atoms with Gasteiger partial charge >= 0.3 is 0 Å². The van der Waals surface area contributed by atoms with Crippen molar-refractivity contribution in [3.8, 4) is 0 Å². The van der Waals surface area contributed by atoms with Crippen molar-refractivity contribution in [3.63, 3.8) is 0 Å². The van der Waals surface area contributed by atoms with E-state index < -0.39 is 18.2 Å². The molecule has 4 amide bonds. The van der Waals surface area contributed by atoms with Gasteiger partial charge in [-0.25, -0.2) is 0 Å². The van der Waals surface area contributed by atoms with Crippen LogP contribution in [-0.4, -0.2) is 87.2 Å². The molecule has 0 spiro atoms. The van der Waals surface area contributed by atoms with Crippen molar-refractivity contribution in [1.29, 1.82) is 0 Å². The molecule has 0 radical (unpaired) electrons. The van der Waals surface area contributed by atoms with Gasteiger partial charge in [-0.2, -0.15) is 0 Å². The lowest BCUT2D eigenvalue weighted by molar-refractivity contribution is -0.140. The Kier molecular flexibility index (Phi) is 13.8. The Morgan fingerprint density at radius 3 is 2.47 bits per heavy atom. The molecule has 1 aromatic rings. The van der Waals surface area contributed by atoms with Crippen LogP contribution in [0.5, 0.6) is 0 Å². The number of hydrogen-bond acceptors (Lipinski definition) is 6. The molecule has 10 nitrogen and oxygen atoms in total. The van der Waals surface area contributed by atoms with Crippen LogP contribution in [0, 0.1) is 5.92 Å². The predicted octanol–water partition coefficient (Wildman–Crippen LogP) is 1.42. The third-order valence-corrected chi connectivity index (χ3v) is 7.33. The van der Waals surface area contributed by atoms with Gasteiger partial charge < -0.3 is 30.3 Å². The predicted molar refractivity (Wildman–Crippen MR) is 144 cm³/mol. The zero-order valence-corrected chi connectivity index (χ0v) is 23.1. The molecule has 0 bridgehead atoms. The van der Waals surface area contributed by atoms with Crippen molar-refractivity contribution in [1.82, 2.24) is 20.9 Å². The average Bonchev–Trinajstić information content (AvgIpc) is 3.42. The highest BCUT2D eigenvalue weighted by molar-refractivity contribution is 5.81. The zero-order valence-electron chi connectivity index (χ0n) is 23.1. The third-order valence-electron chi connectivity index (χ3n) is 7.33. The summed E-state index contributed by atoms with van der Waals surface area (Å²) >= 11 is 0. The summed E-state index contributed by atoms with van der Waals surface area (Å²) in [5.74, 6) is -0.493. The standard InChI is InChI=1S/C28H44N4O6/c1-5-20(2)28(31-26(35)18-29-19-33)24(38-4)17-27(36)32-15-9-12-22(32)23(37-3)16-25(34)30-14-13-21-10-7-6-8-11-21/h6-8,10-11,19-20,22-24,28H,5,9,12-18H2,1-4H3,(H,29,33)(H,30,34)(H,31,35). The molecule has 212 valence electrons. The molecule has 1 aliphatic rings. The summed E-state index contributed by atoms with van der Waals surface area (Å²) in [5, 5.41) is 8.24. The summed E-state index contributed by atoms with van der Waals surface area (Å²) in [6.45, 7) is 4.97. The highest BCUT2D eigenvalue weighted by Crippen LogP contribution is 2.26. The van der Waals surface area contributed by atoms with Gasteiger partial charge in [0.25, 0.3) is 0 Å². The largest absolute Gasteiger partial charge is 0.379 e. The van der Waals surface area contributed by atoms with Crippen LogP contribution in [0.2, 0.25) is 0 Å². The van der Waals surface area contributed by atoms with E-state index in [1.807, 2.05) is 44.2 Å². The molecular weight excluding hydrogens is 488 g/mol. The van der Waals surface area contributed by atoms with E-state index in [4.69, 9.17) is 9.47 Å². The van der Waals surface area contributed by atoms with Gasteiger partial charge in [-0.1, -0.05) is 50.6 Å². The van der Waals surface area contributed by atoms with E-state index in [1.165, 1.54) is 7.11 Å². The highest BCUT2D eigenvalue weighted by Gasteiger charge is 2.38. The summed E-state index contributed by atoms with van der Waals surface area (Å²) in [6.07, 6.45) is 2.87. The van der Waals surface area contributed by atoms with E-state index in [0.29, 0.717) is 19.5 Å². The van der Waals surface area contributed by atoms with Crippen molar-refractivity contribution in [2.75, 3.05) is 33.9 Å². The van der Waals surface area contributed by atoms with Crippen LogP contribution in [0.1, 0.15) is 51.5 Å². The summed E-state index contributed by atoms with van der Waals surface area (Å²) < 4.78 is 11.4. The monoisotopic (exact) mass is 532 g/mol. The Labute approximate surface area is 226 Å². The first-order valence-corrected chi connectivity index (χ1v) is 13.5. The van der Waals surface area contributed by atoms with E-state index in [0.717, 1.165) is 31.2 Å². The minimum atomic E-state index is -0.541. The molecule has 5 unspecified atom stereocenters. The zero-order chi connectivity index (χ0) is 27.9. The Morgan fingerprint density at radius 2 is 1.84 bits per heavy atom. The molecule has 38 heavy (non-hydrogen) atoms. The molecule has 1 aromatic carbocycles. The number of ether oxygens (including phenoxy) is 2. The molecule has 0 aliphatic carbocycles. The SMILES string of the molecule is CCC(C)C(NC(=O)CNC=O)C(CC(=O)N1CCCC1C(CC(=O)NCCc1ccccc1)OC)OC. The van der Waals surface area contributed by atoms with Crippen LogP contribution in [0.15, 0.2) is 30.3 Å². The first kappa shape index (κ1) is 31.2. The van der Waals surface area contributed by atoms with Gasteiger partial charge in [-0.05, 0) is 30.7 Å². The normalized spacial score (nSPS) is 18.2. The van der Waals surface area contributed by atoms with Gasteiger partial charge in [0.1, 0.15) is 0 Å². The maximum absolute atomic E-state index is 13.5. The quantitative estimate of drug-likeness (QED) is 0.261. The molecule has 1 fully saturated rings. The van der Waals surface area contributed by atoms with E-state index in [-0.39, 0.29) is 49.1 Å². The van der Waals surface area contributed by atoms with Crippen LogP contribution in [0.4, 0.5) is 0 Å². The first-order valence-electron chi connectivity index (χ1n) is 13.5. The molecule has 2 rings (SSSR count). The fourth-order valence-corrected chi connectivity index (χ4v) is 4.98. The van der Waals surface area contributed by atoms with Crippen molar-refractivity contribution >= 4 is 24.1 Å². The van der Waals surface area contributed by atoms with E-state index in [1.54, 1.807) is 12.0 Å². The Bertz CT molecular complexity index is 883. The summed E-state index contributed by atoms with van der Waals surface area (Å²) in [5.41, 5.74) is 1.16. The molecule has 10 heteroatoms. The molecule has 0 saturated carbocycles. The number of benzene rings is 1. The van der Waals surface area contributed by atoms with Gasteiger partial charge in [-0.3, -0.25) is 19.2 Å². The van der Waals surface area contributed by atoms with Crippen molar-refractivity contribution in [2.24, 2.45) is 5.92 Å². The van der Waals surface area contributed by atoms with Crippen molar-refractivity contribution in [3.05, 3.63) is 35.9 Å². The maximum atomic E-state index is 13.5. The van der Waals surface area contributed by atoms with Gasteiger partial charge in [0.15, 0.2) is 0 Å². The van der Waals surface area contributed by atoms with Gasteiger partial charge in [-0.15, -0.1) is 0 Å². The van der Waals surface area contributed by atoms with Crippen molar-refractivity contribution < 1.29 is 28.7 Å². The van der Waals surface area contributed by atoms with Crippen LogP contribution in [-0.2, 0) is 35.1 Å².